The molecule has 0 fully saturated rings. The van der Waals surface area contributed by atoms with Gasteiger partial charge in [0, 0.05) is 0 Å². The number of hydrogen-bond donors (Lipinski definition) is 2. The van der Waals surface area contributed by atoms with Crippen LogP contribution in [0.1, 0.15) is 0 Å². The molecule has 0 aromatic rings. The molecule has 0 aliphatic rings. The molecule has 0 spiro atoms. The molecule has 6 heavy (non-hydrogen) atoms. The van der Waals surface area contributed by atoms with Crippen LogP contribution < -0.4 is 0 Å². The molecule has 0 aliphatic heterocycles. The predicted octanol–water partition coefficient (Wildman–Crippen LogP) is -1.97. The van der Waals surface area contributed by atoms with Gasteiger partial charge in [0.2, 0.25) is 0 Å². The Hall–Kier alpha value is -0.0100. The molecule has 0 radical (unpaired) electrons. The fourth-order valence-electron chi connectivity index (χ4n) is 0. The van der Waals surface area contributed by atoms with Crippen LogP contribution in [0.4, 0.5) is 0 Å². The van der Waals surface area contributed by atoms with Crippen molar-refractivity contribution in [2.75, 3.05) is 0 Å². The first kappa shape index (κ1) is 16.7. The summed E-state index contributed by atoms with van der Waals surface area (Å²) < 4.78 is 22.8. The maximum atomic E-state index is 8.67. The normalized spacial score (nSPS) is 5.83. The summed E-state index contributed by atoms with van der Waals surface area (Å²) in [5.41, 5.74) is 0. The highest BCUT2D eigenvalue weighted by molar-refractivity contribution is 7.73. The van der Waals surface area contributed by atoms with Crippen molar-refractivity contribution >= 4 is 11.4 Å². The van der Waals surface area contributed by atoms with Gasteiger partial charge in [-0.1, -0.05) is 0 Å². The van der Waals surface area contributed by atoms with E-state index in [9.17, 15) is 0 Å². The van der Waals surface area contributed by atoms with Crippen molar-refractivity contribution in [1.29, 1.82) is 0 Å². The third kappa shape index (κ3) is 357000. The first-order valence-corrected chi connectivity index (χ1v) is 1.60. The summed E-state index contributed by atoms with van der Waals surface area (Å²) in [5.74, 6) is 0. The zero-order chi connectivity index (χ0) is 3.58. The largest absolute Gasteiger partial charge is 0.412 e. The first-order chi connectivity index (χ1) is 1.73. The molecule has 42 valence electrons. The van der Waals surface area contributed by atoms with Crippen LogP contribution in [0.15, 0.2) is 0 Å². The van der Waals surface area contributed by atoms with Crippen molar-refractivity contribution in [3.8, 4) is 0 Å². The molecule has 0 aromatic heterocycles. The summed E-state index contributed by atoms with van der Waals surface area (Å²) in [5, 5.41) is 0. The number of rotatable bonds is 0. The van der Waals surface area contributed by atoms with E-state index >= 15 is 0 Å². The lowest BCUT2D eigenvalue weighted by Crippen LogP contribution is -1.74. The van der Waals surface area contributed by atoms with Crippen molar-refractivity contribution in [2.24, 2.45) is 0 Å². The van der Waals surface area contributed by atoms with Crippen LogP contribution in [-0.2, 0) is 11.4 Å². The second-order valence-electron chi connectivity index (χ2n) is 0.231. The molecule has 0 amide bonds. The van der Waals surface area contributed by atoms with Crippen LogP contribution in [0, 0.1) is 0 Å². The summed E-state index contributed by atoms with van der Waals surface area (Å²) in [7, 11) is 0. The van der Waals surface area contributed by atoms with E-state index < -0.39 is 11.4 Å². The Labute approximate surface area is 36.7 Å². The molecule has 0 saturated carbocycles. The average Bonchev–Trinajstić information content (AvgIpc) is 0.811. The molecule has 0 rings (SSSR count). The van der Waals surface area contributed by atoms with Crippen molar-refractivity contribution < 1.29 is 24.3 Å². The maximum Gasteiger partial charge on any atom is 0.299 e. The molecule has 0 saturated heterocycles. The predicted molar refractivity (Wildman–Crippen MR) is 20.6 cm³/mol. The highest BCUT2D eigenvalue weighted by atomic mass is 32.2. The number of hydrogen-bond acceptors (Lipinski definition) is 1. The molecule has 0 heterocycles. The van der Waals surface area contributed by atoms with E-state index in [0.29, 0.717) is 0 Å². The van der Waals surface area contributed by atoms with Crippen LogP contribution in [0.3, 0.4) is 0 Å². The molecule has 6 heteroatoms. The Balaban J connectivity index is -0.0000000450. The van der Waals surface area contributed by atoms with Gasteiger partial charge in [-0.3, -0.25) is 9.11 Å². The van der Waals surface area contributed by atoms with Crippen LogP contribution in [0.5, 0.6) is 0 Å². The van der Waals surface area contributed by atoms with E-state index in [1.54, 1.807) is 0 Å². The summed E-state index contributed by atoms with van der Waals surface area (Å²) in [6, 6.07) is 0. The van der Waals surface area contributed by atoms with E-state index in [0.717, 1.165) is 0 Å². The van der Waals surface area contributed by atoms with Crippen molar-refractivity contribution in [2.45, 2.75) is 0 Å². The van der Waals surface area contributed by atoms with Crippen LogP contribution in [0.2, 0.25) is 0 Å². The summed E-state index contributed by atoms with van der Waals surface area (Å²) in [4.78, 5) is 0. The van der Waals surface area contributed by atoms with Gasteiger partial charge in [-0.2, -0.15) is 4.21 Å². The zero-order valence-corrected chi connectivity index (χ0v) is 3.53. The molecule has 6 N–H and O–H groups in total. The van der Waals surface area contributed by atoms with E-state index in [1.807, 2.05) is 0 Å². The lowest BCUT2D eigenvalue weighted by Gasteiger charge is -1.59. The van der Waals surface area contributed by atoms with E-state index in [1.165, 1.54) is 0 Å². The van der Waals surface area contributed by atoms with Crippen molar-refractivity contribution in [3.63, 3.8) is 0 Å². The van der Waals surface area contributed by atoms with Gasteiger partial charge >= 0.3 is 0 Å². The van der Waals surface area contributed by atoms with Gasteiger partial charge in [-0.25, -0.2) is 0 Å². The van der Waals surface area contributed by atoms with Gasteiger partial charge < -0.3 is 11.0 Å². The van der Waals surface area contributed by atoms with Crippen LogP contribution in [0.25, 0.3) is 0 Å². The van der Waals surface area contributed by atoms with Gasteiger partial charge in [0.25, 0.3) is 11.4 Å². The molecular weight excluding hydrogens is 112 g/mol. The average molecular weight is 118 g/mol. The summed E-state index contributed by atoms with van der Waals surface area (Å²) >= 11 is -2.61. The maximum absolute atomic E-state index is 8.67. The fourth-order valence-corrected chi connectivity index (χ4v) is 0. The standard InChI is InChI=1S/H2O3S.2H2O/c1-4(2)3;;/h(H2,1,2,3);2*1H2. The monoisotopic (exact) mass is 118 g/mol. The minimum absolute atomic E-state index is 0. The molecule has 0 bridgehead atoms. The summed E-state index contributed by atoms with van der Waals surface area (Å²) in [6.45, 7) is 0. The lowest BCUT2D eigenvalue weighted by molar-refractivity contribution is 0.454. The zero-order valence-electron chi connectivity index (χ0n) is 2.71. The van der Waals surface area contributed by atoms with Gasteiger partial charge in [0.15, 0.2) is 0 Å². The summed E-state index contributed by atoms with van der Waals surface area (Å²) in [6.07, 6.45) is 0. The van der Waals surface area contributed by atoms with Crippen LogP contribution >= 0.6 is 0 Å². The molecule has 0 unspecified atom stereocenters. The molecule has 5 nitrogen and oxygen atoms in total. The molecule has 0 atom stereocenters. The van der Waals surface area contributed by atoms with E-state index in [4.69, 9.17) is 13.3 Å². The first-order valence-electron chi connectivity index (χ1n) is 0.532. The Morgan fingerprint density at radius 3 is 1.17 bits per heavy atom. The minimum Gasteiger partial charge on any atom is -0.412 e. The Bertz CT molecular complexity index is 26.9. The third-order valence-corrected chi connectivity index (χ3v) is 0. The highest BCUT2D eigenvalue weighted by Gasteiger charge is 1.62. The highest BCUT2D eigenvalue weighted by Crippen LogP contribution is 1.44. The van der Waals surface area contributed by atoms with Gasteiger partial charge in [0.05, 0.1) is 0 Å². The second-order valence-corrected chi connectivity index (χ2v) is 0.692. The van der Waals surface area contributed by atoms with Gasteiger partial charge in [0.1, 0.15) is 0 Å². The SMILES string of the molecule is O.O.O=S(O)O. The molecular formula is H6O5S. The fraction of sp³-hybridized carbons (Fsp3) is 0. The van der Waals surface area contributed by atoms with Gasteiger partial charge in [-0.15, -0.1) is 0 Å². The Morgan fingerprint density at radius 1 is 1.17 bits per heavy atom. The van der Waals surface area contributed by atoms with E-state index in [2.05, 4.69) is 0 Å². The van der Waals surface area contributed by atoms with Crippen molar-refractivity contribution in [1.82, 2.24) is 0 Å². The quantitative estimate of drug-likeness (QED) is 0.359. The lowest BCUT2D eigenvalue weighted by atomic mass is 15.8. The second kappa shape index (κ2) is 8.89. The Kier molecular flexibility index (Phi) is 24.7. The topological polar surface area (TPSA) is 121 Å². The van der Waals surface area contributed by atoms with E-state index in [-0.39, 0.29) is 11.0 Å². The van der Waals surface area contributed by atoms with Gasteiger partial charge in [-0.05, 0) is 0 Å². The Morgan fingerprint density at radius 2 is 1.17 bits per heavy atom. The van der Waals surface area contributed by atoms with Crippen LogP contribution in [-0.4, -0.2) is 24.3 Å². The third-order valence-electron chi connectivity index (χ3n) is 0. The molecule has 0 aliphatic carbocycles. The molecule has 0 aromatic carbocycles. The smallest absolute Gasteiger partial charge is 0.299 e. The minimum atomic E-state index is -2.61. The van der Waals surface area contributed by atoms with Crippen molar-refractivity contribution in [3.05, 3.63) is 0 Å².